The van der Waals surface area contributed by atoms with Gasteiger partial charge in [0, 0.05) is 24.1 Å². The molecule has 0 amide bonds. The summed E-state index contributed by atoms with van der Waals surface area (Å²) in [6.07, 6.45) is -1.39. The van der Waals surface area contributed by atoms with Crippen molar-refractivity contribution < 1.29 is 31.1 Å². The van der Waals surface area contributed by atoms with E-state index in [0.29, 0.717) is 17.4 Å². The fraction of sp³-hybridized carbons (Fsp3) is 0.0909. The van der Waals surface area contributed by atoms with E-state index in [0.717, 1.165) is 12.1 Å². The fourth-order valence-corrected chi connectivity index (χ4v) is 4.19. The van der Waals surface area contributed by atoms with Gasteiger partial charge in [0.15, 0.2) is 0 Å². The zero-order valence-corrected chi connectivity index (χ0v) is 18.3. The number of nitrogens with zero attached hydrogens (tertiary/aromatic N) is 3. The molecule has 0 bridgehead atoms. The van der Waals surface area contributed by atoms with Gasteiger partial charge in [0.1, 0.15) is 28.0 Å². The zero-order valence-electron chi connectivity index (χ0n) is 17.5. The molecule has 0 aliphatic rings. The van der Waals surface area contributed by atoms with Crippen LogP contribution in [0.25, 0.3) is 5.82 Å². The van der Waals surface area contributed by atoms with Crippen molar-refractivity contribution in [3.05, 3.63) is 84.9 Å². The van der Waals surface area contributed by atoms with Gasteiger partial charge in [0.2, 0.25) is 5.88 Å². The van der Waals surface area contributed by atoms with Crippen LogP contribution >= 0.6 is 0 Å². The highest BCUT2D eigenvalue weighted by molar-refractivity contribution is 7.92. The summed E-state index contributed by atoms with van der Waals surface area (Å²) in [5.74, 6) is 0.907. The summed E-state index contributed by atoms with van der Waals surface area (Å²) in [6, 6.07) is 15.6. The molecule has 12 heteroatoms. The summed E-state index contributed by atoms with van der Waals surface area (Å²) in [5, 5.41) is 0. The van der Waals surface area contributed by atoms with Crippen LogP contribution in [0, 0.1) is 6.92 Å². The Morgan fingerprint density at radius 2 is 1.62 bits per heavy atom. The van der Waals surface area contributed by atoms with Crippen LogP contribution in [0.5, 0.6) is 17.4 Å². The number of aryl methyl sites for hydroxylation is 1. The van der Waals surface area contributed by atoms with Crippen LogP contribution in [-0.2, 0) is 10.0 Å². The normalized spacial score (nSPS) is 11.8. The Morgan fingerprint density at radius 3 is 2.29 bits per heavy atom. The topological polar surface area (TPSA) is 95.3 Å². The van der Waals surface area contributed by atoms with Gasteiger partial charge in [0.25, 0.3) is 10.0 Å². The minimum absolute atomic E-state index is 0.112. The number of rotatable bonds is 7. The molecule has 2 aromatic carbocycles. The largest absolute Gasteiger partial charge is 0.573 e. The average molecular weight is 490 g/mol. The second kappa shape index (κ2) is 9.06. The SMILES string of the molecule is Cc1nc(Oc2ccc(NS(=O)(=O)c3ccccc3OC(F)(F)F)cc2)cc(-n2cccc2)n1. The first-order chi connectivity index (χ1) is 16.1. The minimum atomic E-state index is -5.04. The molecule has 176 valence electrons. The van der Waals surface area contributed by atoms with Crippen molar-refractivity contribution in [2.24, 2.45) is 0 Å². The number of aromatic nitrogens is 3. The predicted molar refractivity (Wildman–Crippen MR) is 117 cm³/mol. The second-order valence-electron chi connectivity index (χ2n) is 6.93. The van der Waals surface area contributed by atoms with E-state index in [1.165, 1.54) is 36.4 Å². The summed E-state index contributed by atoms with van der Waals surface area (Å²) in [5.41, 5.74) is 0.112. The Labute approximate surface area is 192 Å². The van der Waals surface area contributed by atoms with Crippen LogP contribution in [-0.4, -0.2) is 29.3 Å². The number of hydrogen-bond acceptors (Lipinski definition) is 6. The van der Waals surface area contributed by atoms with Crippen molar-refractivity contribution in [1.82, 2.24) is 14.5 Å². The van der Waals surface area contributed by atoms with Gasteiger partial charge in [-0.1, -0.05) is 12.1 Å². The van der Waals surface area contributed by atoms with E-state index in [1.54, 1.807) is 17.6 Å². The maximum absolute atomic E-state index is 12.7. The van der Waals surface area contributed by atoms with E-state index >= 15 is 0 Å². The van der Waals surface area contributed by atoms with E-state index in [4.69, 9.17) is 4.74 Å². The number of benzene rings is 2. The molecule has 0 fully saturated rings. The van der Waals surface area contributed by atoms with E-state index in [1.807, 2.05) is 24.5 Å². The molecule has 0 saturated heterocycles. The molecule has 34 heavy (non-hydrogen) atoms. The summed E-state index contributed by atoms with van der Waals surface area (Å²) in [4.78, 5) is 7.93. The standard InChI is InChI=1S/C22H17F3N4O4S/c1-15-26-20(29-12-4-5-13-29)14-21(27-15)32-17-10-8-16(9-11-17)28-34(30,31)19-7-3-2-6-18(19)33-22(23,24)25/h2-14,28H,1H3. The van der Waals surface area contributed by atoms with Crippen molar-refractivity contribution in [3.63, 3.8) is 0 Å². The van der Waals surface area contributed by atoms with Gasteiger partial charge in [-0.2, -0.15) is 4.98 Å². The van der Waals surface area contributed by atoms with Gasteiger partial charge < -0.3 is 14.0 Å². The van der Waals surface area contributed by atoms with Gasteiger partial charge in [0.05, 0.1) is 0 Å². The average Bonchev–Trinajstić information content (AvgIpc) is 3.29. The number of sulfonamides is 1. The van der Waals surface area contributed by atoms with Gasteiger partial charge in [-0.25, -0.2) is 13.4 Å². The summed E-state index contributed by atoms with van der Waals surface area (Å²) < 4.78 is 76.8. The molecule has 0 atom stereocenters. The molecule has 8 nitrogen and oxygen atoms in total. The van der Waals surface area contributed by atoms with Crippen LogP contribution in [0.4, 0.5) is 18.9 Å². The Morgan fingerprint density at radius 1 is 0.941 bits per heavy atom. The lowest BCUT2D eigenvalue weighted by Gasteiger charge is -2.14. The van der Waals surface area contributed by atoms with Crippen molar-refractivity contribution >= 4 is 15.7 Å². The van der Waals surface area contributed by atoms with Crippen molar-refractivity contribution in [2.45, 2.75) is 18.2 Å². The molecule has 2 heterocycles. The van der Waals surface area contributed by atoms with Crippen LogP contribution < -0.4 is 14.2 Å². The number of anilines is 1. The smallest absolute Gasteiger partial charge is 0.439 e. The molecule has 0 saturated carbocycles. The van der Waals surface area contributed by atoms with E-state index in [-0.39, 0.29) is 11.6 Å². The Hall–Kier alpha value is -4.06. The minimum Gasteiger partial charge on any atom is -0.439 e. The number of nitrogens with one attached hydrogen (secondary N) is 1. The Kier molecular flexibility index (Phi) is 6.16. The molecule has 1 N–H and O–H groups in total. The summed E-state index contributed by atoms with van der Waals surface area (Å²) in [6.45, 7) is 1.72. The lowest BCUT2D eigenvalue weighted by molar-refractivity contribution is -0.275. The van der Waals surface area contributed by atoms with Crippen molar-refractivity contribution in [1.29, 1.82) is 0 Å². The second-order valence-corrected chi connectivity index (χ2v) is 8.58. The molecule has 4 aromatic rings. The van der Waals surface area contributed by atoms with Crippen LogP contribution in [0.15, 0.2) is 84.0 Å². The highest BCUT2D eigenvalue weighted by Crippen LogP contribution is 2.31. The molecular formula is C22H17F3N4O4S. The maximum Gasteiger partial charge on any atom is 0.573 e. The maximum atomic E-state index is 12.7. The Balaban J connectivity index is 1.51. The highest BCUT2D eigenvalue weighted by Gasteiger charge is 2.34. The summed E-state index contributed by atoms with van der Waals surface area (Å²) in [7, 11) is -4.36. The third-order valence-electron chi connectivity index (χ3n) is 4.36. The molecule has 0 radical (unpaired) electrons. The molecule has 0 aliphatic carbocycles. The van der Waals surface area contributed by atoms with Crippen LogP contribution in [0.2, 0.25) is 0 Å². The predicted octanol–water partition coefficient (Wildman–Crippen LogP) is 5.07. The van der Waals surface area contributed by atoms with Crippen LogP contribution in [0.1, 0.15) is 5.82 Å². The first-order valence-electron chi connectivity index (χ1n) is 9.74. The van der Waals surface area contributed by atoms with Crippen molar-refractivity contribution in [3.8, 4) is 23.2 Å². The number of alkyl halides is 3. The van der Waals surface area contributed by atoms with Crippen LogP contribution in [0.3, 0.4) is 0 Å². The third kappa shape index (κ3) is 5.64. The first kappa shape index (κ1) is 23.1. The van der Waals surface area contributed by atoms with Gasteiger partial charge in [-0.3, -0.25) is 4.72 Å². The molecule has 2 aromatic heterocycles. The van der Waals surface area contributed by atoms with Gasteiger partial charge in [-0.05, 0) is 55.5 Å². The lowest BCUT2D eigenvalue weighted by atomic mass is 10.3. The van der Waals surface area contributed by atoms with Gasteiger partial charge >= 0.3 is 6.36 Å². The number of hydrogen-bond donors (Lipinski definition) is 1. The molecule has 0 aliphatic heterocycles. The first-order valence-corrected chi connectivity index (χ1v) is 11.2. The molecule has 4 rings (SSSR count). The summed E-state index contributed by atoms with van der Waals surface area (Å²) >= 11 is 0. The lowest BCUT2D eigenvalue weighted by Crippen LogP contribution is -2.20. The molecule has 0 unspecified atom stereocenters. The fourth-order valence-electron chi connectivity index (χ4n) is 3.00. The zero-order chi connectivity index (χ0) is 24.3. The Bertz CT molecular complexity index is 1390. The molecule has 0 spiro atoms. The number of ether oxygens (including phenoxy) is 2. The van der Waals surface area contributed by atoms with E-state index < -0.39 is 27.0 Å². The number of halogens is 3. The third-order valence-corrected chi connectivity index (χ3v) is 5.78. The molecular weight excluding hydrogens is 473 g/mol. The van der Waals surface area contributed by atoms with E-state index in [9.17, 15) is 21.6 Å². The monoisotopic (exact) mass is 490 g/mol. The quantitative estimate of drug-likeness (QED) is 0.389. The van der Waals surface area contributed by atoms with Gasteiger partial charge in [-0.15, -0.1) is 13.2 Å². The van der Waals surface area contributed by atoms with E-state index in [2.05, 4.69) is 19.4 Å². The number of para-hydroxylation sites is 1. The van der Waals surface area contributed by atoms with Crippen molar-refractivity contribution in [2.75, 3.05) is 4.72 Å². The highest BCUT2D eigenvalue weighted by atomic mass is 32.2.